The molecule has 0 N–H and O–H groups in total. The highest BCUT2D eigenvalue weighted by atomic mass is 15.0. The van der Waals surface area contributed by atoms with Gasteiger partial charge >= 0.3 is 0 Å². The van der Waals surface area contributed by atoms with Crippen molar-refractivity contribution in [3.8, 4) is 67.5 Å². The van der Waals surface area contributed by atoms with Crippen LogP contribution >= 0.6 is 0 Å². The summed E-state index contributed by atoms with van der Waals surface area (Å²) in [6, 6.07) is 54.4. The van der Waals surface area contributed by atoms with E-state index in [-0.39, 0.29) is 0 Å². The molecule has 216 valence electrons. The second kappa shape index (κ2) is 12.0. The van der Waals surface area contributed by atoms with Crippen molar-refractivity contribution in [1.82, 2.24) is 19.9 Å². The van der Waals surface area contributed by atoms with Crippen LogP contribution in [0, 0.1) is 0 Å². The van der Waals surface area contributed by atoms with Gasteiger partial charge in [0.1, 0.15) is 0 Å². The minimum absolute atomic E-state index is 0.635. The largest absolute Gasteiger partial charge is 0.264 e. The highest BCUT2D eigenvalue weighted by Crippen LogP contribution is 2.32. The molecule has 0 aliphatic carbocycles. The summed E-state index contributed by atoms with van der Waals surface area (Å²) < 4.78 is 0. The van der Waals surface area contributed by atoms with Crippen LogP contribution in [0.2, 0.25) is 0 Å². The molecule has 0 saturated heterocycles. The van der Waals surface area contributed by atoms with Gasteiger partial charge in [-0.05, 0) is 50.7 Å². The van der Waals surface area contributed by atoms with E-state index in [0.29, 0.717) is 17.5 Å². The number of hydrogen-bond acceptors (Lipinski definition) is 4. The zero-order chi connectivity index (χ0) is 30.7. The number of benzene rings is 6. The molecule has 2 heterocycles. The third-order valence-corrected chi connectivity index (χ3v) is 8.25. The van der Waals surface area contributed by atoms with Crippen molar-refractivity contribution in [3.63, 3.8) is 0 Å². The van der Waals surface area contributed by atoms with Crippen LogP contribution in [-0.4, -0.2) is 19.9 Å². The second-order valence-corrected chi connectivity index (χ2v) is 11.2. The summed E-state index contributed by atoms with van der Waals surface area (Å²) in [5.74, 6) is 1.92. The third kappa shape index (κ3) is 5.44. The quantitative estimate of drug-likeness (QED) is 0.194. The number of rotatable bonds is 6. The van der Waals surface area contributed by atoms with E-state index in [2.05, 4.69) is 151 Å². The van der Waals surface area contributed by atoms with Crippen LogP contribution in [0.5, 0.6) is 0 Å². The lowest BCUT2D eigenvalue weighted by atomic mass is 9.99. The lowest BCUT2D eigenvalue weighted by Gasteiger charge is -2.11. The van der Waals surface area contributed by atoms with Crippen LogP contribution < -0.4 is 0 Å². The fourth-order valence-electron chi connectivity index (χ4n) is 5.84. The van der Waals surface area contributed by atoms with E-state index < -0.39 is 0 Å². The van der Waals surface area contributed by atoms with Gasteiger partial charge in [-0.15, -0.1) is 0 Å². The second-order valence-electron chi connectivity index (χ2n) is 11.2. The molecule has 6 aromatic carbocycles. The Hall–Kier alpha value is -6.26. The molecule has 4 nitrogen and oxygen atoms in total. The smallest absolute Gasteiger partial charge is 0.164 e. The molecule has 46 heavy (non-hydrogen) atoms. The van der Waals surface area contributed by atoms with Crippen LogP contribution in [0.15, 0.2) is 170 Å². The summed E-state index contributed by atoms with van der Waals surface area (Å²) in [6.07, 6.45) is 3.69. The number of nitrogens with zero attached hydrogens (tertiary/aromatic N) is 4. The minimum atomic E-state index is 0.635. The lowest BCUT2D eigenvalue weighted by molar-refractivity contribution is 1.08. The maximum atomic E-state index is 5.04. The first kappa shape index (κ1) is 27.3. The van der Waals surface area contributed by atoms with Gasteiger partial charge in [-0.1, -0.05) is 146 Å². The van der Waals surface area contributed by atoms with Gasteiger partial charge in [0.25, 0.3) is 0 Å². The van der Waals surface area contributed by atoms with Crippen molar-refractivity contribution >= 4 is 10.8 Å². The van der Waals surface area contributed by atoms with E-state index in [1.807, 2.05) is 18.3 Å². The molecule has 8 aromatic rings. The molecule has 0 radical (unpaired) electrons. The van der Waals surface area contributed by atoms with Gasteiger partial charge in [0.2, 0.25) is 0 Å². The Morgan fingerprint density at radius 1 is 0.326 bits per heavy atom. The Morgan fingerprint density at radius 2 is 0.826 bits per heavy atom. The molecule has 0 bridgehead atoms. The SMILES string of the molecule is c1ccc(-c2ccc(-c3nc(-c4ccc(-c5cccc(-c6cccnc6)c5)cc4)nc(-c4cccc5ccccc45)n3)cc2)cc1. The first-order valence-electron chi connectivity index (χ1n) is 15.3. The van der Waals surface area contributed by atoms with Gasteiger partial charge in [-0.2, -0.15) is 0 Å². The molecule has 0 spiro atoms. The summed E-state index contributed by atoms with van der Waals surface area (Å²) in [5, 5.41) is 2.25. The summed E-state index contributed by atoms with van der Waals surface area (Å²) in [5.41, 5.74) is 9.66. The molecule has 0 atom stereocenters. The first-order valence-corrected chi connectivity index (χ1v) is 15.3. The predicted molar refractivity (Wildman–Crippen MR) is 188 cm³/mol. The number of pyridine rings is 1. The molecule has 0 fully saturated rings. The highest BCUT2D eigenvalue weighted by Gasteiger charge is 2.15. The number of hydrogen-bond donors (Lipinski definition) is 0. The van der Waals surface area contributed by atoms with Gasteiger partial charge in [-0.25, -0.2) is 15.0 Å². The van der Waals surface area contributed by atoms with Gasteiger partial charge in [0.05, 0.1) is 0 Å². The van der Waals surface area contributed by atoms with Gasteiger partial charge < -0.3 is 0 Å². The van der Waals surface area contributed by atoms with E-state index in [9.17, 15) is 0 Å². The normalized spacial score (nSPS) is 11.0. The summed E-state index contributed by atoms with van der Waals surface area (Å²) in [6.45, 7) is 0. The van der Waals surface area contributed by atoms with Crippen LogP contribution in [-0.2, 0) is 0 Å². The zero-order valence-corrected chi connectivity index (χ0v) is 25.0. The van der Waals surface area contributed by atoms with Crippen LogP contribution in [0.3, 0.4) is 0 Å². The number of fused-ring (bicyclic) bond motifs is 1. The maximum absolute atomic E-state index is 5.04. The average Bonchev–Trinajstić information content (AvgIpc) is 3.15. The first-order chi connectivity index (χ1) is 22.8. The molecule has 4 heteroatoms. The highest BCUT2D eigenvalue weighted by molar-refractivity contribution is 5.95. The van der Waals surface area contributed by atoms with Crippen molar-refractivity contribution in [3.05, 3.63) is 170 Å². The Bertz CT molecular complexity index is 2270. The van der Waals surface area contributed by atoms with Crippen LogP contribution in [0.4, 0.5) is 0 Å². The van der Waals surface area contributed by atoms with Crippen LogP contribution in [0.1, 0.15) is 0 Å². The van der Waals surface area contributed by atoms with Crippen LogP contribution in [0.25, 0.3) is 78.3 Å². The van der Waals surface area contributed by atoms with Gasteiger partial charge in [0, 0.05) is 34.6 Å². The van der Waals surface area contributed by atoms with E-state index in [1.165, 1.54) is 5.56 Å². The van der Waals surface area contributed by atoms with Crippen molar-refractivity contribution in [2.45, 2.75) is 0 Å². The number of aromatic nitrogens is 4. The molecular weight excluding hydrogens is 560 g/mol. The van der Waals surface area contributed by atoms with Crippen molar-refractivity contribution in [2.75, 3.05) is 0 Å². The average molecular weight is 589 g/mol. The predicted octanol–water partition coefficient (Wildman–Crippen LogP) is 10.4. The molecule has 0 unspecified atom stereocenters. The lowest BCUT2D eigenvalue weighted by Crippen LogP contribution is -2.00. The van der Waals surface area contributed by atoms with Crippen molar-refractivity contribution in [2.24, 2.45) is 0 Å². The van der Waals surface area contributed by atoms with Gasteiger partial charge in [-0.3, -0.25) is 4.98 Å². The monoisotopic (exact) mass is 588 g/mol. The Morgan fingerprint density at radius 3 is 1.52 bits per heavy atom. The molecule has 0 amide bonds. The standard InChI is InChI=1S/C42H28N4/c1-2-9-29(10-3-1)30-18-22-33(23-19-30)40-44-41(46-42(45-40)39-17-7-12-32-11-4-5-16-38(32)39)34-24-20-31(21-25-34)35-13-6-14-36(27-35)37-15-8-26-43-28-37/h1-28H. The fraction of sp³-hybridized carbons (Fsp3) is 0. The minimum Gasteiger partial charge on any atom is -0.264 e. The maximum Gasteiger partial charge on any atom is 0.164 e. The Balaban J connectivity index is 1.21. The molecule has 8 rings (SSSR count). The van der Waals surface area contributed by atoms with E-state index in [0.717, 1.165) is 55.3 Å². The summed E-state index contributed by atoms with van der Waals surface area (Å²) >= 11 is 0. The summed E-state index contributed by atoms with van der Waals surface area (Å²) in [7, 11) is 0. The fourth-order valence-corrected chi connectivity index (χ4v) is 5.84. The molecule has 0 aliphatic heterocycles. The zero-order valence-electron chi connectivity index (χ0n) is 25.0. The Labute approximate surface area is 267 Å². The summed E-state index contributed by atoms with van der Waals surface area (Å²) in [4.78, 5) is 19.4. The van der Waals surface area contributed by atoms with E-state index in [1.54, 1.807) is 6.20 Å². The molecular formula is C42H28N4. The molecule has 0 aliphatic rings. The van der Waals surface area contributed by atoms with Crippen molar-refractivity contribution < 1.29 is 0 Å². The van der Waals surface area contributed by atoms with Gasteiger partial charge in [0.15, 0.2) is 17.5 Å². The Kier molecular flexibility index (Phi) is 7.14. The van der Waals surface area contributed by atoms with E-state index >= 15 is 0 Å². The molecule has 0 saturated carbocycles. The van der Waals surface area contributed by atoms with E-state index in [4.69, 9.17) is 15.0 Å². The topological polar surface area (TPSA) is 51.6 Å². The molecule has 2 aromatic heterocycles. The van der Waals surface area contributed by atoms with Crippen molar-refractivity contribution in [1.29, 1.82) is 0 Å². The third-order valence-electron chi connectivity index (χ3n) is 8.25.